The molecule has 3 rings (SSSR count). The van der Waals surface area contributed by atoms with E-state index in [1.54, 1.807) is 42.5 Å². The van der Waals surface area contributed by atoms with E-state index < -0.39 is 24.1 Å². The normalized spacial score (nSPS) is 16.6. The molecular weight excluding hydrogens is 390 g/mol. The molecule has 0 aliphatic carbocycles. The van der Waals surface area contributed by atoms with Crippen LogP contribution in [-0.4, -0.2) is 30.7 Å². The smallest absolute Gasteiger partial charge is 0.351 e. The van der Waals surface area contributed by atoms with E-state index in [2.05, 4.69) is 21.2 Å². The van der Waals surface area contributed by atoms with Crippen LogP contribution in [0.25, 0.3) is 0 Å². The zero-order chi connectivity index (χ0) is 17.8. The Morgan fingerprint density at radius 2 is 1.84 bits per heavy atom. The van der Waals surface area contributed by atoms with Gasteiger partial charge in [-0.05, 0) is 43.3 Å². The van der Waals surface area contributed by atoms with Gasteiger partial charge in [-0.3, -0.25) is 4.79 Å². The van der Waals surface area contributed by atoms with Gasteiger partial charge < -0.3 is 19.5 Å². The Labute approximate surface area is 153 Å². The van der Waals surface area contributed by atoms with Gasteiger partial charge in [0.25, 0.3) is 5.91 Å². The van der Waals surface area contributed by atoms with Crippen molar-refractivity contribution in [3.63, 3.8) is 0 Å². The van der Waals surface area contributed by atoms with Crippen molar-refractivity contribution >= 4 is 33.5 Å². The average molecular weight is 406 g/mol. The van der Waals surface area contributed by atoms with Gasteiger partial charge in [0, 0.05) is 10.2 Å². The third-order valence-corrected chi connectivity index (χ3v) is 4.07. The summed E-state index contributed by atoms with van der Waals surface area (Å²) in [6, 6.07) is 14.1. The van der Waals surface area contributed by atoms with E-state index in [1.165, 1.54) is 6.92 Å². The molecule has 2 aromatic rings. The monoisotopic (exact) mass is 405 g/mol. The lowest BCUT2D eigenvalue weighted by atomic mass is 10.2. The van der Waals surface area contributed by atoms with Gasteiger partial charge in [-0.25, -0.2) is 4.79 Å². The van der Waals surface area contributed by atoms with Gasteiger partial charge in [0.1, 0.15) is 6.61 Å². The summed E-state index contributed by atoms with van der Waals surface area (Å²) in [6.07, 6.45) is -1.87. The van der Waals surface area contributed by atoms with Crippen LogP contribution >= 0.6 is 15.9 Å². The molecule has 6 nitrogen and oxygen atoms in total. The number of hydrogen-bond acceptors (Lipinski definition) is 5. The zero-order valence-corrected chi connectivity index (χ0v) is 15.0. The minimum atomic E-state index is -0.961. The summed E-state index contributed by atoms with van der Waals surface area (Å²) in [6.45, 7) is 1.54. The maximum Gasteiger partial charge on any atom is 0.351 e. The number of nitrogens with one attached hydrogen (secondary N) is 1. The molecule has 0 fully saturated rings. The summed E-state index contributed by atoms with van der Waals surface area (Å²) in [5.41, 5.74) is 0.613. The van der Waals surface area contributed by atoms with Crippen molar-refractivity contribution in [2.75, 3.05) is 11.9 Å². The van der Waals surface area contributed by atoms with Gasteiger partial charge in [0.2, 0.25) is 6.10 Å². The van der Waals surface area contributed by atoms with Crippen LogP contribution in [0.1, 0.15) is 6.92 Å². The maximum absolute atomic E-state index is 12.2. The highest BCUT2D eigenvalue weighted by Crippen LogP contribution is 2.31. The molecule has 1 amide bonds. The number of carbonyl (C=O) groups is 2. The minimum Gasteiger partial charge on any atom is -0.485 e. The molecule has 1 aliphatic rings. The van der Waals surface area contributed by atoms with E-state index in [4.69, 9.17) is 14.2 Å². The number of rotatable bonds is 4. The molecule has 0 radical (unpaired) electrons. The van der Waals surface area contributed by atoms with Crippen LogP contribution in [-0.2, 0) is 14.3 Å². The van der Waals surface area contributed by atoms with Crippen LogP contribution in [0.2, 0.25) is 0 Å². The Morgan fingerprint density at radius 3 is 2.56 bits per heavy atom. The van der Waals surface area contributed by atoms with Gasteiger partial charge in [-0.15, -0.1) is 0 Å². The number of benzene rings is 2. The van der Waals surface area contributed by atoms with Gasteiger partial charge >= 0.3 is 5.97 Å². The Balaban J connectivity index is 1.55. The highest BCUT2D eigenvalue weighted by Gasteiger charge is 2.31. The van der Waals surface area contributed by atoms with Gasteiger partial charge in [0.15, 0.2) is 17.6 Å². The summed E-state index contributed by atoms with van der Waals surface area (Å²) in [5, 5.41) is 2.68. The van der Waals surface area contributed by atoms with Crippen LogP contribution in [0.3, 0.4) is 0 Å². The lowest BCUT2D eigenvalue weighted by Crippen LogP contribution is -2.41. The van der Waals surface area contributed by atoms with Crippen molar-refractivity contribution in [3.05, 3.63) is 53.0 Å². The fourth-order valence-electron chi connectivity index (χ4n) is 2.22. The molecule has 1 N–H and O–H groups in total. The molecule has 0 unspecified atom stereocenters. The van der Waals surface area contributed by atoms with E-state index in [-0.39, 0.29) is 6.61 Å². The number of hydrogen-bond donors (Lipinski definition) is 1. The highest BCUT2D eigenvalue weighted by molar-refractivity contribution is 9.10. The van der Waals surface area contributed by atoms with Gasteiger partial charge in [-0.1, -0.05) is 28.1 Å². The van der Waals surface area contributed by atoms with Crippen LogP contribution in [0.4, 0.5) is 5.69 Å². The molecule has 2 atom stereocenters. The van der Waals surface area contributed by atoms with Crippen molar-refractivity contribution < 1.29 is 23.8 Å². The lowest BCUT2D eigenvalue weighted by Gasteiger charge is -2.25. The number of fused-ring (bicyclic) bond motifs is 1. The van der Waals surface area contributed by atoms with Crippen LogP contribution in [0.15, 0.2) is 53.0 Å². The second kappa shape index (κ2) is 7.57. The summed E-state index contributed by atoms with van der Waals surface area (Å²) in [5.74, 6) is -0.0176. The molecule has 0 bridgehead atoms. The largest absolute Gasteiger partial charge is 0.485 e. The fourth-order valence-corrected chi connectivity index (χ4v) is 2.48. The number of halogens is 1. The highest BCUT2D eigenvalue weighted by atomic mass is 79.9. The summed E-state index contributed by atoms with van der Waals surface area (Å²) >= 11 is 3.32. The third-order valence-electron chi connectivity index (χ3n) is 3.55. The first kappa shape index (κ1) is 17.3. The number of para-hydroxylation sites is 2. The second-order valence-corrected chi connectivity index (χ2v) is 6.36. The third kappa shape index (κ3) is 4.30. The van der Waals surface area contributed by atoms with Crippen molar-refractivity contribution in [2.45, 2.75) is 19.1 Å². The Morgan fingerprint density at radius 1 is 1.16 bits per heavy atom. The van der Waals surface area contributed by atoms with Crippen LogP contribution in [0, 0.1) is 0 Å². The van der Waals surface area contributed by atoms with E-state index in [0.29, 0.717) is 17.2 Å². The Hall–Kier alpha value is -2.54. The predicted molar refractivity (Wildman–Crippen MR) is 94.7 cm³/mol. The Bertz CT molecular complexity index is 777. The number of esters is 1. The number of anilines is 1. The minimum absolute atomic E-state index is 0.0386. The van der Waals surface area contributed by atoms with E-state index in [9.17, 15) is 9.59 Å². The predicted octanol–water partition coefficient (Wildman–Crippen LogP) is 3.16. The number of carbonyl (C=O) groups excluding carboxylic acids is 2. The molecule has 2 aromatic carbocycles. The summed E-state index contributed by atoms with van der Waals surface area (Å²) in [4.78, 5) is 24.3. The molecule has 25 heavy (non-hydrogen) atoms. The second-order valence-electron chi connectivity index (χ2n) is 5.44. The lowest BCUT2D eigenvalue weighted by molar-refractivity contribution is -0.162. The molecule has 0 saturated heterocycles. The quantitative estimate of drug-likeness (QED) is 0.790. The van der Waals surface area contributed by atoms with Crippen molar-refractivity contribution in [2.24, 2.45) is 0 Å². The van der Waals surface area contributed by atoms with E-state index in [0.717, 1.165) is 4.47 Å². The molecular formula is C18H16BrNO5. The SMILES string of the molecule is C[C@H](OC(=O)[C@H]1COc2ccccc2O1)C(=O)Nc1ccc(Br)cc1. The van der Waals surface area contributed by atoms with Crippen LogP contribution < -0.4 is 14.8 Å². The standard InChI is InChI=1S/C18H16BrNO5/c1-11(17(21)20-13-8-6-12(19)7-9-13)24-18(22)16-10-23-14-4-2-3-5-15(14)25-16/h2-9,11,16H,10H2,1H3,(H,20,21)/t11-,16+/m0/s1. The van der Waals surface area contributed by atoms with E-state index in [1.807, 2.05) is 6.07 Å². The van der Waals surface area contributed by atoms with Gasteiger partial charge in [-0.2, -0.15) is 0 Å². The van der Waals surface area contributed by atoms with Gasteiger partial charge in [0.05, 0.1) is 0 Å². The molecule has 7 heteroatoms. The summed E-state index contributed by atoms with van der Waals surface area (Å²) in [7, 11) is 0. The summed E-state index contributed by atoms with van der Waals surface area (Å²) < 4.78 is 17.1. The molecule has 0 aromatic heterocycles. The van der Waals surface area contributed by atoms with Crippen molar-refractivity contribution in [3.8, 4) is 11.5 Å². The zero-order valence-electron chi connectivity index (χ0n) is 13.4. The Kier molecular flexibility index (Phi) is 5.23. The number of ether oxygens (including phenoxy) is 3. The first-order valence-corrected chi connectivity index (χ1v) is 8.47. The topological polar surface area (TPSA) is 73.9 Å². The first-order chi connectivity index (χ1) is 12.0. The molecule has 1 aliphatic heterocycles. The van der Waals surface area contributed by atoms with Crippen molar-refractivity contribution in [1.29, 1.82) is 0 Å². The fraction of sp³-hybridized carbons (Fsp3) is 0.222. The maximum atomic E-state index is 12.2. The van der Waals surface area contributed by atoms with Crippen molar-refractivity contribution in [1.82, 2.24) is 0 Å². The molecule has 0 saturated carbocycles. The molecule has 0 spiro atoms. The van der Waals surface area contributed by atoms with Crippen LogP contribution in [0.5, 0.6) is 11.5 Å². The molecule has 130 valence electrons. The average Bonchev–Trinajstić information content (AvgIpc) is 2.63. The molecule has 1 heterocycles. The van der Waals surface area contributed by atoms with E-state index >= 15 is 0 Å². The first-order valence-electron chi connectivity index (χ1n) is 7.68. The number of amides is 1.